The second-order valence-corrected chi connectivity index (χ2v) is 4.19. The fourth-order valence-corrected chi connectivity index (χ4v) is 2.45. The highest BCUT2D eigenvalue weighted by Gasteiger charge is 2.37. The van der Waals surface area contributed by atoms with E-state index < -0.39 is 0 Å². The zero-order valence-electron chi connectivity index (χ0n) is 9.30. The summed E-state index contributed by atoms with van der Waals surface area (Å²) < 4.78 is 5.91. The minimum absolute atomic E-state index is 0.0544. The van der Waals surface area contributed by atoms with Crippen molar-refractivity contribution in [2.24, 2.45) is 5.73 Å². The quantitative estimate of drug-likeness (QED) is 0.688. The van der Waals surface area contributed by atoms with Crippen molar-refractivity contribution in [3.8, 4) is 0 Å². The van der Waals surface area contributed by atoms with E-state index in [1.165, 1.54) is 19.3 Å². The molecule has 1 atom stereocenters. The highest BCUT2D eigenvalue weighted by molar-refractivity contribution is 4.96. The van der Waals surface area contributed by atoms with Crippen molar-refractivity contribution in [2.45, 2.75) is 57.1 Å². The molecule has 0 aromatic heterocycles. The third kappa shape index (κ3) is 2.58. The lowest BCUT2D eigenvalue weighted by Crippen LogP contribution is -2.51. The summed E-state index contributed by atoms with van der Waals surface area (Å²) in [6.07, 6.45) is 8.84. The lowest BCUT2D eigenvalue weighted by molar-refractivity contribution is -0.0812. The molecule has 1 saturated carbocycles. The van der Waals surface area contributed by atoms with Crippen molar-refractivity contribution < 1.29 is 4.74 Å². The van der Waals surface area contributed by atoms with E-state index in [-0.39, 0.29) is 11.6 Å². The number of ether oxygens (including phenoxy) is 1. The first-order valence-electron chi connectivity index (χ1n) is 5.75. The van der Waals surface area contributed by atoms with Gasteiger partial charge >= 0.3 is 0 Å². The maximum atomic E-state index is 6.18. The molecular formula is C12H23NO. The summed E-state index contributed by atoms with van der Waals surface area (Å²) in [4.78, 5) is 0. The van der Waals surface area contributed by atoms with Crippen molar-refractivity contribution in [2.75, 3.05) is 6.61 Å². The molecule has 1 aliphatic carbocycles. The topological polar surface area (TPSA) is 35.2 Å². The van der Waals surface area contributed by atoms with E-state index in [1.807, 2.05) is 6.08 Å². The highest BCUT2D eigenvalue weighted by atomic mass is 16.5. The molecule has 0 bridgehead atoms. The van der Waals surface area contributed by atoms with Crippen LogP contribution in [0.2, 0.25) is 0 Å². The SMILES string of the molecule is C=CCC(N)C1(OCC)CCCCC1. The van der Waals surface area contributed by atoms with Crippen LogP contribution in [-0.2, 0) is 4.74 Å². The van der Waals surface area contributed by atoms with E-state index in [1.54, 1.807) is 0 Å². The first kappa shape index (κ1) is 11.7. The van der Waals surface area contributed by atoms with E-state index in [0.29, 0.717) is 0 Å². The lowest BCUT2D eigenvalue weighted by Gasteiger charge is -2.41. The molecule has 1 unspecified atom stereocenters. The Hall–Kier alpha value is -0.340. The van der Waals surface area contributed by atoms with Crippen LogP contribution in [0, 0.1) is 0 Å². The van der Waals surface area contributed by atoms with E-state index in [4.69, 9.17) is 10.5 Å². The first-order chi connectivity index (χ1) is 6.75. The van der Waals surface area contributed by atoms with E-state index in [2.05, 4.69) is 13.5 Å². The van der Waals surface area contributed by atoms with Gasteiger partial charge in [-0.2, -0.15) is 0 Å². The Morgan fingerprint density at radius 2 is 2.07 bits per heavy atom. The summed E-state index contributed by atoms with van der Waals surface area (Å²) in [5, 5.41) is 0. The molecule has 0 heterocycles. The maximum absolute atomic E-state index is 6.18. The molecule has 0 aromatic carbocycles. The van der Waals surface area contributed by atoms with Crippen LogP contribution in [0.1, 0.15) is 45.4 Å². The van der Waals surface area contributed by atoms with Crippen LogP contribution >= 0.6 is 0 Å². The van der Waals surface area contributed by atoms with Gasteiger partial charge in [0.1, 0.15) is 0 Å². The Morgan fingerprint density at radius 3 is 2.57 bits per heavy atom. The van der Waals surface area contributed by atoms with Crippen LogP contribution in [0.15, 0.2) is 12.7 Å². The van der Waals surface area contributed by atoms with Crippen molar-refractivity contribution in [3.63, 3.8) is 0 Å². The van der Waals surface area contributed by atoms with Crippen molar-refractivity contribution >= 4 is 0 Å². The summed E-state index contributed by atoms with van der Waals surface area (Å²) >= 11 is 0. The summed E-state index contributed by atoms with van der Waals surface area (Å²) in [5.41, 5.74) is 6.13. The Bertz CT molecular complexity index is 168. The third-order valence-electron chi connectivity index (χ3n) is 3.23. The minimum Gasteiger partial charge on any atom is -0.374 e. The molecule has 82 valence electrons. The Labute approximate surface area is 87.5 Å². The normalized spacial score (nSPS) is 23.0. The fraction of sp³-hybridized carbons (Fsp3) is 0.833. The highest BCUT2D eigenvalue weighted by Crippen LogP contribution is 2.34. The van der Waals surface area contributed by atoms with Crippen molar-refractivity contribution in [3.05, 3.63) is 12.7 Å². The van der Waals surface area contributed by atoms with Gasteiger partial charge in [0, 0.05) is 12.6 Å². The summed E-state index contributed by atoms with van der Waals surface area (Å²) in [6, 6.07) is 0.125. The van der Waals surface area contributed by atoms with Gasteiger partial charge in [-0.1, -0.05) is 25.3 Å². The molecule has 1 rings (SSSR count). The molecule has 14 heavy (non-hydrogen) atoms. The lowest BCUT2D eigenvalue weighted by atomic mass is 9.78. The molecule has 0 aliphatic heterocycles. The van der Waals surface area contributed by atoms with Gasteiger partial charge in [0.2, 0.25) is 0 Å². The van der Waals surface area contributed by atoms with Gasteiger partial charge < -0.3 is 10.5 Å². The Kier molecular flexibility index (Phi) is 4.63. The van der Waals surface area contributed by atoms with Crippen molar-refractivity contribution in [1.82, 2.24) is 0 Å². The third-order valence-corrected chi connectivity index (χ3v) is 3.23. The molecule has 0 saturated heterocycles. The Balaban J connectivity index is 2.62. The summed E-state index contributed by atoms with van der Waals surface area (Å²) in [7, 11) is 0. The van der Waals surface area contributed by atoms with E-state index >= 15 is 0 Å². The number of hydrogen-bond donors (Lipinski definition) is 1. The largest absolute Gasteiger partial charge is 0.374 e. The fourth-order valence-electron chi connectivity index (χ4n) is 2.45. The minimum atomic E-state index is -0.0544. The molecule has 2 nitrogen and oxygen atoms in total. The number of rotatable bonds is 5. The smallest absolute Gasteiger partial charge is 0.0835 e. The van der Waals surface area contributed by atoms with Crippen LogP contribution in [0.5, 0.6) is 0 Å². The van der Waals surface area contributed by atoms with E-state index in [9.17, 15) is 0 Å². The molecule has 0 spiro atoms. The van der Waals surface area contributed by atoms with Gasteiger partial charge in [-0.15, -0.1) is 6.58 Å². The molecule has 2 N–H and O–H groups in total. The first-order valence-corrected chi connectivity index (χ1v) is 5.75. The van der Waals surface area contributed by atoms with Crippen LogP contribution in [-0.4, -0.2) is 18.2 Å². The Morgan fingerprint density at radius 1 is 1.43 bits per heavy atom. The maximum Gasteiger partial charge on any atom is 0.0835 e. The van der Waals surface area contributed by atoms with Crippen LogP contribution < -0.4 is 5.73 Å². The van der Waals surface area contributed by atoms with Crippen molar-refractivity contribution in [1.29, 1.82) is 0 Å². The standard InChI is InChI=1S/C12H23NO/c1-3-8-11(13)12(14-4-2)9-6-5-7-10-12/h3,11H,1,4-10,13H2,2H3. The zero-order valence-corrected chi connectivity index (χ0v) is 9.30. The summed E-state index contributed by atoms with van der Waals surface area (Å²) in [5.74, 6) is 0. The van der Waals surface area contributed by atoms with Gasteiger partial charge in [-0.25, -0.2) is 0 Å². The van der Waals surface area contributed by atoms with Gasteiger partial charge in [-0.3, -0.25) is 0 Å². The van der Waals surface area contributed by atoms with Gasteiger partial charge in [0.05, 0.1) is 5.60 Å². The molecule has 1 fully saturated rings. The van der Waals surface area contributed by atoms with Gasteiger partial charge in [-0.05, 0) is 26.2 Å². The second kappa shape index (κ2) is 5.52. The molecule has 1 aliphatic rings. The molecule has 0 amide bonds. The molecule has 0 aromatic rings. The van der Waals surface area contributed by atoms with Gasteiger partial charge in [0.25, 0.3) is 0 Å². The predicted octanol–water partition coefficient (Wildman–Crippen LogP) is 2.63. The molecule has 2 heteroatoms. The van der Waals surface area contributed by atoms with Crippen LogP contribution in [0.25, 0.3) is 0 Å². The van der Waals surface area contributed by atoms with E-state index in [0.717, 1.165) is 25.9 Å². The average Bonchev–Trinajstić information content (AvgIpc) is 2.20. The number of hydrogen-bond acceptors (Lipinski definition) is 2. The van der Waals surface area contributed by atoms with Crippen LogP contribution in [0.4, 0.5) is 0 Å². The van der Waals surface area contributed by atoms with Crippen LogP contribution in [0.3, 0.4) is 0 Å². The predicted molar refractivity (Wildman–Crippen MR) is 60.2 cm³/mol. The number of nitrogens with two attached hydrogens (primary N) is 1. The summed E-state index contributed by atoms with van der Waals surface area (Å²) in [6.45, 7) is 6.57. The molecule has 0 radical (unpaired) electrons. The zero-order chi connectivity index (χ0) is 10.4. The second-order valence-electron chi connectivity index (χ2n) is 4.19. The van der Waals surface area contributed by atoms with Gasteiger partial charge in [0.15, 0.2) is 0 Å². The molecular weight excluding hydrogens is 174 g/mol. The monoisotopic (exact) mass is 197 g/mol. The average molecular weight is 197 g/mol.